The lowest BCUT2D eigenvalue weighted by molar-refractivity contribution is 0.388. The maximum absolute atomic E-state index is 3.62. The standard InChI is InChI=1S/C10H22N2S/c1-9-7-10(8-13-9)11-5-4-6-12(2)3/h9-11H,4-8H2,1-3H3. The molecule has 2 unspecified atom stereocenters. The Bertz CT molecular complexity index is 139. The van der Waals surface area contributed by atoms with Crippen LogP contribution < -0.4 is 5.32 Å². The van der Waals surface area contributed by atoms with Gasteiger partial charge < -0.3 is 10.2 Å². The van der Waals surface area contributed by atoms with E-state index in [0.717, 1.165) is 11.3 Å². The fourth-order valence-corrected chi connectivity index (χ4v) is 2.84. The summed E-state index contributed by atoms with van der Waals surface area (Å²) in [4.78, 5) is 2.24. The first kappa shape index (κ1) is 11.3. The maximum Gasteiger partial charge on any atom is 0.0168 e. The monoisotopic (exact) mass is 202 g/mol. The number of hydrogen-bond acceptors (Lipinski definition) is 3. The molecular weight excluding hydrogens is 180 g/mol. The molecule has 1 fully saturated rings. The van der Waals surface area contributed by atoms with Gasteiger partial charge in [0.1, 0.15) is 0 Å². The van der Waals surface area contributed by atoms with Gasteiger partial charge in [-0.25, -0.2) is 0 Å². The van der Waals surface area contributed by atoms with Crippen LogP contribution >= 0.6 is 11.8 Å². The number of nitrogens with zero attached hydrogens (tertiary/aromatic N) is 1. The van der Waals surface area contributed by atoms with Crippen molar-refractivity contribution in [3.63, 3.8) is 0 Å². The maximum atomic E-state index is 3.62. The van der Waals surface area contributed by atoms with Gasteiger partial charge in [-0.3, -0.25) is 0 Å². The molecule has 0 saturated carbocycles. The summed E-state index contributed by atoms with van der Waals surface area (Å²) in [5.41, 5.74) is 0. The van der Waals surface area contributed by atoms with Crippen molar-refractivity contribution >= 4 is 11.8 Å². The van der Waals surface area contributed by atoms with Crippen LogP contribution in [-0.4, -0.2) is 49.1 Å². The molecule has 0 bridgehead atoms. The lowest BCUT2D eigenvalue weighted by Gasteiger charge is -2.13. The van der Waals surface area contributed by atoms with E-state index in [9.17, 15) is 0 Å². The van der Waals surface area contributed by atoms with Crippen molar-refractivity contribution in [1.29, 1.82) is 0 Å². The van der Waals surface area contributed by atoms with Gasteiger partial charge in [0.05, 0.1) is 0 Å². The first-order valence-electron chi connectivity index (χ1n) is 5.18. The lowest BCUT2D eigenvalue weighted by atomic mass is 10.2. The van der Waals surface area contributed by atoms with Gasteiger partial charge in [0.15, 0.2) is 0 Å². The topological polar surface area (TPSA) is 15.3 Å². The molecule has 78 valence electrons. The molecule has 1 rings (SSSR count). The summed E-state index contributed by atoms with van der Waals surface area (Å²) in [6, 6.07) is 0.780. The van der Waals surface area contributed by atoms with Gasteiger partial charge >= 0.3 is 0 Å². The third-order valence-electron chi connectivity index (χ3n) is 2.41. The molecule has 0 spiro atoms. The van der Waals surface area contributed by atoms with Crippen LogP contribution in [0.15, 0.2) is 0 Å². The van der Waals surface area contributed by atoms with Crippen LogP contribution in [0.5, 0.6) is 0 Å². The summed E-state index contributed by atoms with van der Waals surface area (Å²) in [6.45, 7) is 4.70. The zero-order chi connectivity index (χ0) is 9.68. The molecule has 2 atom stereocenters. The fraction of sp³-hybridized carbons (Fsp3) is 1.00. The zero-order valence-corrected chi connectivity index (χ0v) is 9.86. The van der Waals surface area contributed by atoms with E-state index in [-0.39, 0.29) is 0 Å². The van der Waals surface area contributed by atoms with Crippen LogP contribution in [0, 0.1) is 0 Å². The molecular formula is C10H22N2S. The number of hydrogen-bond donors (Lipinski definition) is 1. The van der Waals surface area contributed by atoms with E-state index in [1.54, 1.807) is 0 Å². The Morgan fingerprint density at radius 2 is 2.23 bits per heavy atom. The molecule has 1 aliphatic heterocycles. The Morgan fingerprint density at radius 3 is 2.77 bits per heavy atom. The summed E-state index contributed by atoms with van der Waals surface area (Å²) >= 11 is 2.10. The highest BCUT2D eigenvalue weighted by atomic mass is 32.2. The predicted octanol–water partition coefficient (Wildman–Crippen LogP) is 1.42. The van der Waals surface area contributed by atoms with Crippen molar-refractivity contribution in [2.75, 3.05) is 32.9 Å². The molecule has 2 nitrogen and oxygen atoms in total. The van der Waals surface area contributed by atoms with Crippen molar-refractivity contribution in [3.05, 3.63) is 0 Å². The third kappa shape index (κ3) is 4.89. The van der Waals surface area contributed by atoms with Gasteiger partial charge in [-0.05, 0) is 40.0 Å². The highest BCUT2D eigenvalue weighted by Gasteiger charge is 2.20. The Labute approximate surface area is 86.5 Å². The Balaban J connectivity index is 1.94. The molecule has 0 aliphatic carbocycles. The normalized spacial score (nSPS) is 28.6. The smallest absolute Gasteiger partial charge is 0.0168 e. The van der Waals surface area contributed by atoms with Gasteiger partial charge in [0.25, 0.3) is 0 Å². The van der Waals surface area contributed by atoms with E-state index in [1.165, 1.54) is 31.7 Å². The molecule has 13 heavy (non-hydrogen) atoms. The Morgan fingerprint density at radius 1 is 1.46 bits per heavy atom. The Hall–Kier alpha value is 0.270. The first-order chi connectivity index (χ1) is 6.18. The van der Waals surface area contributed by atoms with Gasteiger partial charge in [0.2, 0.25) is 0 Å². The van der Waals surface area contributed by atoms with Gasteiger partial charge in [-0.15, -0.1) is 0 Å². The number of nitrogens with one attached hydrogen (secondary N) is 1. The van der Waals surface area contributed by atoms with Crippen LogP contribution in [-0.2, 0) is 0 Å². The summed E-state index contributed by atoms with van der Waals surface area (Å²) in [7, 11) is 4.26. The minimum atomic E-state index is 0.780. The summed E-state index contributed by atoms with van der Waals surface area (Å²) in [5, 5.41) is 4.49. The molecule has 0 aromatic carbocycles. The molecule has 1 N–H and O–H groups in total. The highest BCUT2D eigenvalue weighted by molar-refractivity contribution is 8.00. The zero-order valence-electron chi connectivity index (χ0n) is 9.05. The van der Waals surface area contributed by atoms with Crippen molar-refractivity contribution in [3.8, 4) is 0 Å². The summed E-state index contributed by atoms with van der Waals surface area (Å²) in [5.74, 6) is 1.31. The second kappa shape index (κ2) is 5.89. The average molecular weight is 202 g/mol. The third-order valence-corrected chi connectivity index (χ3v) is 3.77. The predicted molar refractivity (Wildman–Crippen MR) is 61.5 cm³/mol. The van der Waals surface area contributed by atoms with E-state index in [0.29, 0.717) is 0 Å². The van der Waals surface area contributed by atoms with E-state index >= 15 is 0 Å². The lowest BCUT2D eigenvalue weighted by Crippen LogP contribution is -2.31. The SMILES string of the molecule is CC1CC(NCCCN(C)C)CS1. The van der Waals surface area contributed by atoms with Crippen molar-refractivity contribution in [1.82, 2.24) is 10.2 Å². The molecule has 0 radical (unpaired) electrons. The second-order valence-electron chi connectivity index (χ2n) is 4.19. The highest BCUT2D eigenvalue weighted by Crippen LogP contribution is 2.25. The second-order valence-corrected chi connectivity index (χ2v) is 5.66. The van der Waals surface area contributed by atoms with Gasteiger partial charge in [-0.1, -0.05) is 6.92 Å². The first-order valence-corrected chi connectivity index (χ1v) is 6.23. The van der Waals surface area contributed by atoms with Crippen LogP contribution in [0.25, 0.3) is 0 Å². The van der Waals surface area contributed by atoms with Crippen molar-refractivity contribution in [2.45, 2.75) is 31.1 Å². The molecule has 0 amide bonds. The number of rotatable bonds is 5. The average Bonchev–Trinajstić information content (AvgIpc) is 2.45. The molecule has 3 heteroatoms. The summed E-state index contributed by atoms with van der Waals surface area (Å²) in [6.07, 6.45) is 2.62. The van der Waals surface area contributed by atoms with Crippen LogP contribution in [0.3, 0.4) is 0 Å². The van der Waals surface area contributed by atoms with Crippen LogP contribution in [0.1, 0.15) is 19.8 Å². The van der Waals surface area contributed by atoms with Gasteiger partial charge in [0, 0.05) is 17.0 Å². The minimum absolute atomic E-state index is 0.780. The number of thioether (sulfide) groups is 1. The van der Waals surface area contributed by atoms with Crippen LogP contribution in [0.2, 0.25) is 0 Å². The van der Waals surface area contributed by atoms with E-state index in [4.69, 9.17) is 0 Å². The molecule has 0 aromatic rings. The molecule has 0 aromatic heterocycles. The van der Waals surface area contributed by atoms with Gasteiger partial charge in [-0.2, -0.15) is 11.8 Å². The molecule has 1 aliphatic rings. The largest absolute Gasteiger partial charge is 0.313 e. The molecule has 1 saturated heterocycles. The Kier molecular flexibility index (Phi) is 5.14. The van der Waals surface area contributed by atoms with E-state index in [2.05, 4.69) is 43.0 Å². The van der Waals surface area contributed by atoms with E-state index < -0.39 is 0 Å². The quantitative estimate of drug-likeness (QED) is 0.679. The molecule has 1 heterocycles. The summed E-state index contributed by atoms with van der Waals surface area (Å²) < 4.78 is 0. The van der Waals surface area contributed by atoms with Crippen molar-refractivity contribution < 1.29 is 0 Å². The van der Waals surface area contributed by atoms with Crippen molar-refractivity contribution in [2.24, 2.45) is 0 Å². The van der Waals surface area contributed by atoms with Crippen LogP contribution in [0.4, 0.5) is 0 Å². The van der Waals surface area contributed by atoms with E-state index in [1.807, 2.05) is 0 Å². The minimum Gasteiger partial charge on any atom is -0.313 e. The fourth-order valence-electron chi connectivity index (χ4n) is 1.66.